The van der Waals surface area contributed by atoms with E-state index in [0.29, 0.717) is 5.56 Å². The van der Waals surface area contributed by atoms with Crippen LogP contribution in [0.15, 0.2) is 53.5 Å². The van der Waals surface area contributed by atoms with Crippen LogP contribution >= 0.6 is 23.2 Å². The summed E-state index contributed by atoms with van der Waals surface area (Å²) in [6, 6.07) is 15.5. The smallest absolute Gasteiger partial charge is 0.223 e. The molecule has 0 saturated heterocycles. The molecule has 3 aromatic rings. The van der Waals surface area contributed by atoms with Crippen LogP contribution in [-0.4, -0.2) is 24.1 Å². The van der Waals surface area contributed by atoms with Crippen molar-refractivity contribution in [3.8, 4) is 17.0 Å². The van der Waals surface area contributed by atoms with Crippen LogP contribution < -0.4 is 4.74 Å². The Morgan fingerprint density at radius 3 is 2.09 bits per heavy atom. The number of halogens is 2. The number of carbonyl (C=O) groups is 1. The number of Topliss-reactive ketones (excluding diaryl/α,β-unsaturated/α-hetero) is 1. The second kappa shape index (κ2) is 10.3. The maximum absolute atomic E-state index is 13.4. The molecule has 2 aromatic carbocycles. The second-order valence-corrected chi connectivity index (χ2v) is 8.79. The van der Waals surface area contributed by atoms with E-state index in [1.807, 2.05) is 48.5 Å². The lowest BCUT2D eigenvalue weighted by Gasteiger charge is -2.16. The third kappa shape index (κ3) is 4.87. The number of ketones is 1. The van der Waals surface area contributed by atoms with E-state index in [9.17, 15) is 4.79 Å². The molecule has 4 nitrogen and oxygen atoms in total. The van der Waals surface area contributed by atoms with Gasteiger partial charge in [0, 0.05) is 0 Å². The highest BCUT2D eigenvalue weighted by Gasteiger charge is 2.24. The average Bonchev–Trinajstić information content (AvgIpc) is 2.78. The first-order valence-electron chi connectivity index (χ1n) is 10.5. The standard InChI is InChI=1S/C26H26Cl2N2O2/c1-15(2)18-12-9-13-19(16(3)4)24(18)29-14-20(31)22-21(17-10-7-6-8-11-17)26(32-5)30-25(28)23(22)27/h6-16H,1-5H3. The number of ether oxygens (including phenoxy) is 1. The van der Waals surface area contributed by atoms with Gasteiger partial charge >= 0.3 is 0 Å². The minimum Gasteiger partial charge on any atom is -0.480 e. The Morgan fingerprint density at radius 2 is 1.56 bits per heavy atom. The molecule has 32 heavy (non-hydrogen) atoms. The molecule has 0 amide bonds. The molecule has 0 fully saturated rings. The maximum atomic E-state index is 13.4. The molecular formula is C26H26Cl2N2O2. The van der Waals surface area contributed by atoms with Crippen LogP contribution in [0.3, 0.4) is 0 Å². The van der Waals surface area contributed by atoms with Crippen molar-refractivity contribution in [2.24, 2.45) is 4.99 Å². The molecule has 0 aliphatic rings. The van der Waals surface area contributed by atoms with Crippen LogP contribution in [0.2, 0.25) is 10.2 Å². The first kappa shape index (κ1) is 24.0. The molecule has 0 aliphatic carbocycles. The number of benzene rings is 2. The third-order valence-electron chi connectivity index (χ3n) is 5.22. The third-order valence-corrected chi connectivity index (χ3v) is 5.96. The Kier molecular flexibility index (Phi) is 7.70. The van der Waals surface area contributed by atoms with Gasteiger partial charge in [-0.3, -0.25) is 9.79 Å². The van der Waals surface area contributed by atoms with Crippen molar-refractivity contribution in [2.45, 2.75) is 39.5 Å². The molecule has 0 bridgehead atoms. The highest BCUT2D eigenvalue weighted by atomic mass is 35.5. The fraction of sp³-hybridized carbons (Fsp3) is 0.269. The zero-order valence-corrected chi connectivity index (χ0v) is 20.3. The van der Waals surface area contributed by atoms with Gasteiger partial charge in [0.2, 0.25) is 11.7 Å². The molecule has 1 aromatic heterocycles. The molecule has 0 spiro atoms. The van der Waals surface area contributed by atoms with E-state index in [-0.39, 0.29) is 39.2 Å². The van der Waals surface area contributed by atoms with Crippen molar-refractivity contribution in [3.63, 3.8) is 0 Å². The van der Waals surface area contributed by atoms with Crippen molar-refractivity contribution in [1.29, 1.82) is 0 Å². The number of methoxy groups -OCH3 is 1. The highest BCUT2D eigenvalue weighted by molar-refractivity contribution is 6.48. The zero-order valence-electron chi connectivity index (χ0n) is 18.8. The number of carbonyl (C=O) groups excluding carboxylic acids is 1. The first-order valence-corrected chi connectivity index (χ1v) is 11.2. The summed E-state index contributed by atoms with van der Waals surface area (Å²) < 4.78 is 5.44. The van der Waals surface area contributed by atoms with Gasteiger partial charge in [0.05, 0.1) is 35.2 Å². The number of hydrogen-bond acceptors (Lipinski definition) is 4. The van der Waals surface area contributed by atoms with Crippen LogP contribution in [-0.2, 0) is 0 Å². The van der Waals surface area contributed by atoms with Crippen molar-refractivity contribution in [3.05, 3.63) is 75.4 Å². The summed E-state index contributed by atoms with van der Waals surface area (Å²) in [7, 11) is 1.48. The second-order valence-electron chi connectivity index (χ2n) is 8.06. The fourth-order valence-corrected chi connectivity index (χ4v) is 4.02. The van der Waals surface area contributed by atoms with Gasteiger partial charge in [-0.25, -0.2) is 0 Å². The van der Waals surface area contributed by atoms with Gasteiger partial charge in [-0.05, 0) is 28.5 Å². The first-order chi connectivity index (χ1) is 15.3. The van der Waals surface area contributed by atoms with Crippen LogP contribution in [0, 0.1) is 0 Å². The lowest BCUT2D eigenvalue weighted by molar-refractivity contribution is 0.107. The molecule has 6 heteroatoms. The summed E-state index contributed by atoms with van der Waals surface area (Å²) in [6.07, 6.45) is 1.32. The van der Waals surface area contributed by atoms with Crippen LogP contribution in [0.25, 0.3) is 11.1 Å². The number of hydrogen-bond donors (Lipinski definition) is 0. The molecule has 0 aliphatic heterocycles. The molecule has 0 atom stereocenters. The van der Waals surface area contributed by atoms with Crippen molar-refractivity contribution >= 4 is 40.9 Å². The van der Waals surface area contributed by atoms with Gasteiger partial charge in [0.15, 0.2) is 5.15 Å². The van der Waals surface area contributed by atoms with E-state index in [1.165, 1.54) is 13.3 Å². The average molecular weight is 469 g/mol. The zero-order chi connectivity index (χ0) is 23.4. The Morgan fingerprint density at radius 1 is 0.969 bits per heavy atom. The topological polar surface area (TPSA) is 51.5 Å². The fourth-order valence-electron chi connectivity index (χ4n) is 3.61. The molecule has 0 unspecified atom stereocenters. The van der Waals surface area contributed by atoms with Crippen molar-refractivity contribution in [1.82, 2.24) is 4.98 Å². The van der Waals surface area contributed by atoms with E-state index >= 15 is 0 Å². The molecular weight excluding hydrogens is 443 g/mol. The predicted octanol–water partition coefficient (Wildman–Crippen LogP) is 7.90. The van der Waals surface area contributed by atoms with Crippen LogP contribution in [0.5, 0.6) is 5.88 Å². The van der Waals surface area contributed by atoms with E-state index in [1.54, 1.807) is 0 Å². The van der Waals surface area contributed by atoms with Gasteiger partial charge in [-0.2, -0.15) is 4.98 Å². The van der Waals surface area contributed by atoms with E-state index in [4.69, 9.17) is 27.9 Å². The van der Waals surface area contributed by atoms with Crippen LogP contribution in [0.4, 0.5) is 5.69 Å². The van der Waals surface area contributed by atoms with Crippen LogP contribution in [0.1, 0.15) is 61.0 Å². The number of para-hydroxylation sites is 1. The van der Waals surface area contributed by atoms with Crippen molar-refractivity contribution in [2.75, 3.05) is 7.11 Å². The van der Waals surface area contributed by atoms with E-state index < -0.39 is 0 Å². The van der Waals surface area contributed by atoms with Crippen molar-refractivity contribution < 1.29 is 9.53 Å². The van der Waals surface area contributed by atoms with Gasteiger partial charge in [-0.1, -0.05) is 99.4 Å². The highest BCUT2D eigenvalue weighted by Crippen LogP contribution is 2.40. The lowest BCUT2D eigenvalue weighted by Crippen LogP contribution is -2.08. The normalized spacial score (nSPS) is 11.5. The Bertz CT molecular complexity index is 1130. The maximum Gasteiger partial charge on any atom is 0.223 e. The molecule has 0 saturated carbocycles. The molecule has 0 radical (unpaired) electrons. The molecule has 166 valence electrons. The van der Waals surface area contributed by atoms with E-state index in [0.717, 1.165) is 22.4 Å². The quantitative estimate of drug-likeness (QED) is 0.201. The number of rotatable bonds is 7. The summed E-state index contributed by atoms with van der Waals surface area (Å²) in [4.78, 5) is 22.3. The molecule has 0 N–H and O–H groups in total. The van der Waals surface area contributed by atoms with E-state index in [2.05, 4.69) is 37.7 Å². The summed E-state index contributed by atoms with van der Waals surface area (Å²) in [5, 5.41) is 0.0781. The largest absolute Gasteiger partial charge is 0.480 e. The predicted molar refractivity (Wildman–Crippen MR) is 133 cm³/mol. The summed E-state index contributed by atoms with van der Waals surface area (Å²) in [6.45, 7) is 8.44. The monoisotopic (exact) mass is 468 g/mol. The molecule has 3 rings (SSSR count). The minimum atomic E-state index is -0.371. The summed E-state index contributed by atoms with van der Waals surface area (Å²) >= 11 is 12.7. The Balaban J connectivity index is 2.18. The number of aromatic nitrogens is 1. The number of pyridine rings is 1. The Hall–Kier alpha value is -2.69. The lowest BCUT2D eigenvalue weighted by atomic mass is 9.93. The van der Waals surface area contributed by atoms with Gasteiger partial charge in [-0.15, -0.1) is 0 Å². The SMILES string of the molecule is COc1nc(Cl)c(Cl)c(C(=O)C=Nc2c(C(C)C)cccc2C(C)C)c1-c1ccccc1. The minimum absolute atomic E-state index is 0.00500. The number of nitrogens with zero attached hydrogens (tertiary/aromatic N) is 2. The molecule has 1 heterocycles. The number of aliphatic imine (C=N–C) groups is 1. The van der Waals surface area contributed by atoms with Gasteiger partial charge < -0.3 is 4.74 Å². The summed E-state index contributed by atoms with van der Waals surface area (Å²) in [5.41, 5.74) is 4.43. The Labute approximate surface area is 199 Å². The van der Waals surface area contributed by atoms with Gasteiger partial charge in [0.25, 0.3) is 0 Å². The summed E-state index contributed by atoms with van der Waals surface area (Å²) in [5.74, 6) is 0.377. The van der Waals surface area contributed by atoms with Gasteiger partial charge in [0.1, 0.15) is 0 Å².